The molecular weight excluding hydrogens is 473 g/mol. The Hall–Kier alpha value is -2.26. The van der Waals surface area contributed by atoms with Crippen LogP contribution in [0.3, 0.4) is 0 Å². The molecule has 0 aliphatic carbocycles. The van der Waals surface area contributed by atoms with Gasteiger partial charge in [0.05, 0.1) is 16.5 Å². The van der Waals surface area contributed by atoms with Crippen LogP contribution in [0.1, 0.15) is 66.1 Å². The molecule has 0 bridgehead atoms. The fourth-order valence-corrected chi connectivity index (χ4v) is 3.61. The maximum atomic E-state index is 12.0. The van der Waals surface area contributed by atoms with Crippen LogP contribution in [0.4, 0.5) is 5.69 Å². The van der Waals surface area contributed by atoms with E-state index in [9.17, 15) is 14.7 Å². The molecule has 198 valence electrons. The number of carbonyl (C=O) groups excluding carboxylic acids is 2. The first-order chi connectivity index (χ1) is 16.3. The predicted octanol–water partition coefficient (Wildman–Crippen LogP) is 5.18. The highest BCUT2D eigenvalue weighted by Crippen LogP contribution is 2.39. The van der Waals surface area contributed by atoms with Crippen molar-refractivity contribution in [1.29, 1.82) is 0 Å². The third kappa shape index (κ3) is 11.3. The molecule has 1 aromatic rings. The molecule has 3 N–H and O–H groups in total. The molecule has 35 heavy (non-hydrogen) atoms. The van der Waals surface area contributed by atoms with E-state index >= 15 is 0 Å². The van der Waals surface area contributed by atoms with Crippen LogP contribution in [0.25, 0.3) is 5.76 Å². The smallest absolute Gasteiger partial charge is 0.313 e. The van der Waals surface area contributed by atoms with Gasteiger partial charge in [-0.05, 0) is 61.4 Å². The summed E-state index contributed by atoms with van der Waals surface area (Å²) in [4.78, 5) is 31.2. The second-order valence-electron chi connectivity index (χ2n) is 9.82. The molecule has 1 rings (SSSR count). The van der Waals surface area contributed by atoms with Crippen molar-refractivity contribution in [2.24, 2.45) is 15.8 Å². The van der Waals surface area contributed by atoms with Crippen molar-refractivity contribution < 1.29 is 33.2 Å². The quantitative estimate of drug-likeness (QED) is 0.0774. The number of ether oxygens (including phenoxy) is 2. The predicted molar refractivity (Wildman–Crippen MR) is 137 cm³/mol. The Morgan fingerprint density at radius 1 is 1.11 bits per heavy atom. The molecule has 1 heterocycles. The van der Waals surface area contributed by atoms with Crippen molar-refractivity contribution in [3.8, 4) is 0 Å². The molecule has 0 saturated heterocycles. The average molecular weight is 514 g/mol. The molecule has 0 fully saturated rings. The van der Waals surface area contributed by atoms with Gasteiger partial charge in [-0.1, -0.05) is 6.58 Å². The Balaban J connectivity index is 2.57. The van der Waals surface area contributed by atoms with E-state index in [0.717, 1.165) is 5.56 Å². The first-order valence-corrected chi connectivity index (χ1v) is 12.8. The van der Waals surface area contributed by atoms with Crippen LogP contribution in [0.15, 0.2) is 17.8 Å². The zero-order valence-corrected chi connectivity index (χ0v) is 22.8. The summed E-state index contributed by atoms with van der Waals surface area (Å²) in [5, 5.41) is 13.0. The fourth-order valence-electron chi connectivity index (χ4n) is 2.52. The average Bonchev–Trinajstić information content (AvgIpc) is 3.14. The van der Waals surface area contributed by atoms with Crippen LogP contribution in [-0.4, -0.2) is 54.5 Å². The third-order valence-corrected chi connectivity index (χ3v) is 5.95. The number of hydrogen-bond donors (Lipinski definition) is 3. The number of nitrogens with zero attached hydrogens (tertiary/aromatic N) is 1. The molecule has 0 amide bonds. The van der Waals surface area contributed by atoms with Gasteiger partial charge in [-0.25, -0.2) is 0 Å². The standard InChI is InChI=1S/C24H40N3O7P/c1-9-26-20-18(14-27-19(20)17(2)28)13-25-11-10-12-35(33-15-31-21(29)23(3,4)5)34-16-32-22(30)24(6,7)8/h9,14,25,27-28H,2,10-13,15-16H2,1,3-8H3. The lowest BCUT2D eigenvalue weighted by atomic mass is 9.98. The first-order valence-electron chi connectivity index (χ1n) is 11.4. The maximum absolute atomic E-state index is 12.0. The fraction of sp³-hybridized carbons (Fsp3) is 0.625. The molecule has 0 saturated carbocycles. The van der Waals surface area contributed by atoms with Crippen molar-refractivity contribution in [3.05, 3.63) is 24.0 Å². The number of H-pyrrole nitrogens is 1. The lowest BCUT2D eigenvalue weighted by Gasteiger charge is -2.21. The minimum atomic E-state index is -1.45. The number of aliphatic imine (C=N–C) groups is 1. The van der Waals surface area contributed by atoms with Crippen LogP contribution in [0.5, 0.6) is 0 Å². The molecule has 1 aromatic heterocycles. The van der Waals surface area contributed by atoms with Crippen LogP contribution >= 0.6 is 8.38 Å². The van der Waals surface area contributed by atoms with Crippen molar-refractivity contribution in [1.82, 2.24) is 10.3 Å². The summed E-state index contributed by atoms with van der Waals surface area (Å²) in [6.45, 7) is 16.6. The topological polar surface area (TPSA) is 131 Å². The van der Waals surface area contributed by atoms with E-state index in [4.69, 9.17) is 18.5 Å². The Labute approximate surface area is 209 Å². The Morgan fingerprint density at radius 3 is 2.11 bits per heavy atom. The zero-order valence-electron chi connectivity index (χ0n) is 21.9. The Morgan fingerprint density at radius 2 is 1.66 bits per heavy atom. The molecule has 0 unspecified atom stereocenters. The summed E-state index contributed by atoms with van der Waals surface area (Å²) in [5.74, 6) is -0.832. The number of nitrogens with one attached hydrogen (secondary N) is 2. The molecule has 10 nitrogen and oxygen atoms in total. The number of esters is 2. The van der Waals surface area contributed by atoms with Gasteiger partial charge in [0.1, 0.15) is 11.5 Å². The minimum absolute atomic E-state index is 0.0730. The second-order valence-corrected chi connectivity index (χ2v) is 11.4. The van der Waals surface area contributed by atoms with E-state index < -0.39 is 19.2 Å². The summed E-state index contributed by atoms with van der Waals surface area (Å²) in [7, 11) is -1.45. The first kappa shape index (κ1) is 30.8. The van der Waals surface area contributed by atoms with E-state index in [0.29, 0.717) is 37.1 Å². The number of aliphatic hydroxyl groups is 1. The summed E-state index contributed by atoms with van der Waals surface area (Å²) >= 11 is 0. The van der Waals surface area contributed by atoms with Crippen molar-refractivity contribution in [3.63, 3.8) is 0 Å². The van der Waals surface area contributed by atoms with Gasteiger partial charge >= 0.3 is 11.9 Å². The van der Waals surface area contributed by atoms with E-state index in [1.54, 1.807) is 60.9 Å². The highest BCUT2D eigenvalue weighted by molar-refractivity contribution is 7.47. The van der Waals surface area contributed by atoms with Gasteiger partial charge in [-0.3, -0.25) is 23.6 Å². The summed E-state index contributed by atoms with van der Waals surface area (Å²) in [5.41, 5.74) is 0.745. The van der Waals surface area contributed by atoms with Crippen LogP contribution in [-0.2, 0) is 34.7 Å². The van der Waals surface area contributed by atoms with Gasteiger partial charge in [0.15, 0.2) is 22.0 Å². The van der Waals surface area contributed by atoms with E-state index in [-0.39, 0.29) is 31.3 Å². The van der Waals surface area contributed by atoms with Gasteiger partial charge < -0.3 is 24.9 Å². The molecule has 0 aliphatic rings. The van der Waals surface area contributed by atoms with Crippen molar-refractivity contribution in [2.45, 2.75) is 61.4 Å². The monoisotopic (exact) mass is 513 g/mol. The van der Waals surface area contributed by atoms with E-state index in [2.05, 4.69) is 21.9 Å². The molecular formula is C24H40N3O7P. The summed E-state index contributed by atoms with van der Waals surface area (Å²) < 4.78 is 21.6. The number of aromatic amines is 1. The highest BCUT2D eigenvalue weighted by atomic mass is 31.2. The van der Waals surface area contributed by atoms with Crippen LogP contribution in [0.2, 0.25) is 0 Å². The SMILES string of the molecule is C=C(O)c1[nH]cc(CNCCCP(OCOC(=O)C(C)(C)C)OCOC(=O)C(C)(C)C)c1N=CC. The van der Waals surface area contributed by atoms with Gasteiger partial charge in [-0.15, -0.1) is 0 Å². The lowest BCUT2D eigenvalue weighted by Crippen LogP contribution is -2.24. The Kier molecular flexibility index (Phi) is 12.6. The zero-order chi connectivity index (χ0) is 26.6. The van der Waals surface area contributed by atoms with E-state index in [1.165, 1.54) is 0 Å². The summed E-state index contributed by atoms with van der Waals surface area (Å²) in [6.07, 6.45) is 4.66. The largest absolute Gasteiger partial charge is 0.506 e. The number of hydrogen-bond acceptors (Lipinski definition) is 9. The summed E-state index contributed by atoms with van der Waals surface area (Å²) in [6, 6.07) is 0. The molecule has 0 atom stereocenters. The number of aliphatic hydroxyl groups excluding tert-OH is 1. The second kappa shape index (κ2) is 14.3. The van der Waals surface area contributed by atoms with Gasteiger partial charge in [0.2, 0.25) is 0 Å². The van der Waals surface area contributed by atoms with Crippen molar-refractivity contribution in [2.75, 3.05) is 26.3 Å². The minimum Gasteiger partial charge on any atom is -0.506 e. The normalized spacial score (nSPS) is 12.3. The van der Waals surface area contributed by atoms with Gasteiger partial charge in [-0.2, -0.15) is 0 Å². The molecule has 0 aliphatic heterocycles. The lowest BCUT2D eigenvalue weighted by molar-refractivity contribution is -0.161. The number of aromatic nitrogens is 1. The van der Waals surface area contributed by atoms with E-state index in [1.807, 2.05) is 0 Å². The van der Waals surface area contributed by atoms with Gasteiger partial charge in [0, 0.05) is 30.7 Å². The molecule has 11 heteroatoms. The third-order valence-electron chi connectivity index (χ3n) is 4.49. The molecule has 0 spiro atoms. The molecule has 0 radical (unpaired) electrons. The number of carbonyl (C=O) groups is 2. The molecule has 0 aromatic carbocycles. The Bertz CT molecular complexity index is 837. The van der Waals surface area contributed by atoms with Crippen LogP contribution < -0.4 is 5.32 Å². The van der Waals surface area contributed by atoms with Crippen LogP contribution in [0, 0.1) is 10.8 Å². The number of rotatable bonds is 14. The highest BCUT2D eigenvalue weighted by Gasteiger charge is 2.25. The van der Waals surface area contributed by atoms with Crippen molar-refractivity contribution >= 4 is 38.0 Å². The van der Waals surface area contributed by atoms with Gasteiger partial charge in [0.25, 0.3) is 0 Å². The maximum Gasteiger partial charge on any atom is 0.313 e.